The van der Waals surface area contributed by atoms with Crippen LogP contribution in [-0.4, -0.2) is 11.2 Å². The van der Waals surface area contributed by atoms with Gasteiger partial charge in [-0.2, -0.15) is 0 Å². The molecule has 0 fully saturated rings. The van der Waals surface area contributed by atoms with Crippen molar-refractivity contribution in [3.63, 3.8) is 0 Å². The van der Waals surface area contributed by atoms with Gasteiger partial charge in [0.25, 0.3) is 0 Å². The standard InChI is InChI=1S/C20H42O/c1-4-6-8-9-10-13-17-20(16-7-5-2)18-14-11-12-15-19(3)21/h19-21H,4-18H2,1-3H3. The van der Waals surface area contributed by atoms with Gasteiger partial charge in [0.2, 0.25) is 0 Å². The lowest BCUT2D eigenvalue weighted by Crippen LogP contribution is -2.02. The van der Waals surface area contributed by atoms with E-state index in [9.17, 15) is 5.11 Å². The van der Waals surface area contributed by atoms with Crippen molar-refractivity contribution >= 4 is 0 Å². The zero-order valence-corrected chi connectivity index (χ0v) is 15.2. The minimum atomic E-state index is -0.107. The molecular weight excluding hydrogens is 256 g/mol. The SMILES string of the molecule is CCCCCCCCC(CCCC)CCCCCC(C)O. The highest BCUT2D eigenvalue weighted by Crippen LogP contribution is 2.23. The Morgan fingerprint density at radius 1 is 0.571 bits per heavy atom. The van der Waals surface area contributed by atoms with Gasteiger partial charge in [0.15, 0.2) is 0 Å². The predicted molar refractivity (Wildman–Crippen MR) is 95.8 cm³/mol. The number of unbranched alkanes of at least 4 members (excludes halogenated alkanes) is 8. The number of hydrogen-bond acceptors (Lipinski definition) is 1. The smallest absolute Gasteiger partial charge is 0.0512 e. The van der Waals surface area contributed by atoms with Crippen LogP contribution in [0.5, 0.6) is 0 Å². The Balaban J connectivity index is 3.61. The van der Waals surface area contributed by atoms with Crippen LogP contribution in [0.15, 0.2) is 0 Å². The second-order valence-electron chi connectivity index (χ2n) is 7.05. The van der Waals surface area contributed by atoms with Crippen molar-refractivity contribution in [3.05, 3.63) is 0 Å². The molecule has 1 nitrogen and oxygen atoms in total. The molecule has 0 spiro atoms. The van der Waals surface area contributed by atoms with Crippen molar-refractivity contribution in [3.8, 4) is 0 Å². The summed E-state index contributed by atoms with van der Waals surface area (Å²) in [6.07, 6.45) is 20.4. The summed E-state index contributed by atoms with van der Waals surface area (Å²) in [6.45, 7) is 6.51. The third kappa shape index (κ3) is 16.2. The first kappa shape index (κ1) is 21.0. The molecule has 0 saturated carbocycles. The number of rotatable bonds is 16. The third-order valence-corrected chi connectivity index (χ3v) is 4.67. The highest BCUT2D eigenvalue weighted by atomic mass is 16.3. The zero-order chi connectivity index (χ0) is 15.8. The van der Waals surface area contributed by atoms with Gasteiger partial charge in [-0.3, -0.25) is 0 Å². The van der Waals surface area contributed by atoms with Crippen molar-refractivity contribution in [2.45, 2.75) is 123 Å². The largest absolute Gasteiger partial charge is 0.393 e. The first-order valence-corrected chi connectivity index (χ1v) is 9.88. The minimum absolute atomic E-state index is 0.107. The van der Waals surface area contributed by atoms with Crippen molar-refractivity contribution < 1.29 is 5.11 Å². The van der Waals surface area contributed by atoms with E-state index in [4.69, 9.17) is 0 Å². The summed E-state index contributed by atoms with van der Waals surface area (Å²) in [4.78, 5) is 0. The number of aliphatic hydroxyl groups is 1. The first-order valence-electron chi connectivity index (χ1n) is 9.88. The fraction of sp³-hybridized carbons (Fsp3) is 1.00. The summed E-state index contributed by atoms with van der Waals surface area (Å²) in [6, 6.07) is 0. The van der Waals surface area contributed by atoms with Crippen LogP contribution in [0, 0.1) is 5.92 Å². The molecule has 21 heavy (non-hydrogen) atoms. The first-order chi connectivity index (χ1) is 10.2. The summed E-state index contributed by atoms with van der Waals surface area (Å²) in [5.41, 5.74) is 0. The van der Waals surface area contributed by atoms with Crippen LogP contribution in [0.3, 0.4) is 0 Å². The molecule has 0 aromatic heterocycles. The lowest BCUT2D eigenvalue weighted by atomic mass is 9.90. The Morgan fingerprint density at radius 3 is 1.57 bits per heavy atom. The van der Waals surface area contributed by atoms with Crippen LogP contribution in [0.4, 0.5) is 0 Å². The molecule has 0 aliphatic carbocycles. The van der Waals surface area contributed by atoms with Gasteiger partial charge in [0.05, 0.1) is 6.10 Å². The second kappa shape index (κ2) is 16.3. The molecule has 0 aliphatic rings. The van der Waals surface area contributed by atoms with Crippen molar-refractivity contribution in [2.24, 2.45) is 5.92 Å². The molecule has 0 aromatic rings. The van der Waals surface area contributed by atoms with Gasteiger partial charge in [-0.15, -0.1) is 0 Å². The fourth-order valence-electron chi connectivity index (χ4n) is 3.19. The Kier molecular flexibility index (Phi) is 16.3. The Morgan fingerprint density at radius 2 is 1.00 bits per heavy atom. The molecule has 1 N–H and O–H groups in total. The van der Waals surface area contributed by atoms with Gasteiger partial charge >= 0.3 is 0 Å². The third-order valence-electron chi connectivity index (χ3n) is 4.67. The normalized spacial score (nSPS) is 14.3. The lowest BCUT2D eigenvalue weighted by molar-refractivity contribution is 0.180. The van der Waals surface area contributed by atoms with Crippen LogP contribution in [0.25, 0.3) is 0 Å². The van der Waals surface area contributed by atoms with E-state index in [1.54, 1.807) is 0 Å². The maximum Gasteiger partial charge on any atom is 0.0512 e. The Labute approximate surface area is 134 Å². The van der Waals surface area contributed by atoms with Crippen LogP contribution < -0.4 is 0 Å². The molecule has 0 aliphatic heterocycles. The van der Waals surface area contributed by atoms with Crippen LogP contribution in [0.2, 0.25) is 0 Å². The molecule has 2 atom stereocenters. The van der Waals surface area contributed by atoms with Crippen LogP contribution in [0.1, 0.15) is 117 Å². The summed E-state index contributed by atoms with van der Waals surface area (Å²) < 4.78 is 0. The van der Waals surface area contributed by atoms with E-state index in [0.29, 0.717) is 0 Å². The van der Waals surface area contributed by atoms with E-state index < -0.39 is 0 Å². The number of aliphatic hydroxyl groups excluding tert-OH is 1. The van der Waals surface area contributed by atoms with Gasteiger partial charge in [0, 0.05) is 0 Å². The van der Waals surface area contributed by atoms with E-state index in [0.717, 1.165) is 12.3 Å². The maximum atomic E-state index is 9.28. The van der Waals surface area contributed by atoms with E-state index in [1.807, 2.05) is 6.92 Å². The summed E-state index contributed by atoms with van der Waals surface area (Å²) in [5, 5.41) is 9.28. The highest BCUT2D eigenvalue weighted by Gasteiger charge is 2.08. The molecule has 128 valence electrons. The van der Waals surface area contributed by atoms with Crippen LogP contribution in [-0.2, 0) is 0 Å². The van der Waals surface area contributed by atoms with Gasteiger partial charge in [-0.05, 0) is 19.3 Å². The molecule has 1 heteroatoms. The molecule has 0 saturated heterocycles. The molecule has 0 rings (SSSR count). The monoisotopic (exact) mass is 298 g/mol. The zero-order valence-electron chi connectivity index (χ0n) is 15.2. The molecular formula is C20H42O. The predicted octanol–water partition coefficient (Wildman–Crippen LogP) is 6.87. The average molecular weight is 299 g/mol. The van der Waals surface area contributed by atoms with Gasteiger partial charge in [-0.1, -0.05) is 104 Å². The van der Waals surface area contributed by atoms with E-state index >= 15 is 0 Å². The van der Waals surface area contributed by atoms with Crippen molar-refractivity contribution in [2.75, 3.05) is 0 Å². The van der Waals surface area contributed by atoms with Crippen molar-refractivity contribution in [1.29, 1.82) is 0 Å². The highest BCUT2D eigenvalue weighted by molar-refractivity contribution is 4.61. The molecule has 0 aromatic carbocycles. The topological polar surface area (TPSA) is 20.2 Å². The fourth-order valence-corrected chi connectivity index (χ4v) is 3.19. The number of hydrogen-bond donors (Lipinski definition) is 1. The van der Waals surface area contributed by atoms with Gasteiger partial charge in [-0.25, -0.2) is 0 Å². The summed E-state index contributed by atoms with van der Waals surface area (Å²) in [7, 11) is 0. The van der Waals surface area contributed by atoms with Gasteiger partial charge in [0.1, 0.15) is 0 Å². The summed E-state index contributed by atoms with van der Waals surface area (Å²) in [5.74, 6) is 0.975. The molecule has 0 radical (unpaired) electrons. The summed E-state index contributed by atoms with van der Waals surface area (Å²) >= 11 is 0. The van der Waals surface area contributed by atoms with E-state index in [-0.39, 0.29) is 6.10 Å². The van der Waals surface area contributed by atoms with Crippen LogP contribution >= 0.6 is 0 Å². The Hall–Kier alpha value is -0.0400. The molecule has 0 bridgehead atoms. The lowest BCUT2D eigenvalue weighted by Gasteiger charge is -2.16. The van der Waals surface area contributed by atoms with Crippen molar-refractivity contribution in [1.82, 2.24) is 0 Å². The maximum absolute atomic E-state index is 9.28. The second-order valence-corrected chi connectivity index (χ2v) is 7.05. The quantitative estimate of drug-likeness (QED) is 0.308. The van der Waals surface area contributed by atoms with E-state index in [1.165, 1.54) is 89.9 Å². The minimum Gasteiger partial charge on any atom is -0.393 e. The molecule has 0 heterocycles. The Bertz CT molecular complexity index is 188. The van der Waals surface area contributed by atoms with E-state index in [2.05, 4.69) is 13.8 Å². The molecule has 2 unspecified atom stereocenters. The van der Waals surface area contributed by atoms with Gasteiger partial charge < -0.3 is 5.11 Å². The molecule has 0 amide bonds. The average Bonchev–Trinajstić information content (AvgIpc) is 2.46.